The number of carbonyl (C=O) groups excluding carboxylic acids is 1. The van der Waals surface area contributed by atoms with Gasteiger partial charge in [-0.2, -0.15) is 0 Å². The van der Waals surface area contributed by atoms with E-state index in [-0.39, 0.29) is 11.9 Å². The van der Waals surface area contributed by atoms with E-state index in [2.05, 4.69) is 9.97 Å². The average Bonchev–Trinajstić information content (AvgIpc) is 2.69. The largest absolute Gasteiger partial charge is 0.497 e. The maximum absolute atomic E-state index is 12.8. The summed E-state index contributed by atoms with van der Waals surface area (Å²) in [6.45, 7) is 5.81. The molecule has 1 fully saturated rings. The number of nitrogens with zero attached hydrogens (tertiary/aromatic N) is 3. The topological polar surface area (TPSA) is 90.6 Å². The van der Waals surface area contributed by atoms with Crippen molar-refractivity contribution < 1.29 is 14.3 Å². The van der Waals surface area contributed by atoms with E-state index in [1.807, 2.05) is 43.0 Å². The van der Waals surface area contributed by atoms with Crippen molar-refractivity contribution >= 4 is 11.9 Å². The fourth-order valence-corrected chi connectivity index (χ4v) is 3.62. The number of carbonyl (C=O) groups is 1. The molecule has 0 bridgehead atoms. The second-order valence-corrected chi connectivity index (χ2v) is 7.25. The number of amides is 1. The van der Waals surface area contributed by atoms with E-state index >= 15 is 0 Å². The van der Waals surface area contributed by atoms with Crippen LogP contribution in [0.2, 0.25) is 0 Å². The molecule has 1 aliphatic rings. The fourth-order valence-electron chi connectivity index (χ4n) is 3.62. The Balaban J connectivity index is 1.57. The van der Waals surface area contributed by atoms with Gasteiger partial charge in [-0.05, 0) is 38.8 Å². The predicted octanol–water partition coefficient (Wildman–Crippen LogP) is 2.54. The van der Waals surface area contributed by atoms with E-state index in [0.717, 1.165) is 47.8 Å². The number of nitrogens with two attached hydrogens (primary N) is 1. The Hall–Kier alpha value is -2.83. The normalized spacial score (nSPS) is 16.7. The van der Waals surface area contributed by atoms with Gasteiger partial charge in [0.25, 0.3) is 0 Å². The van der Waals surface area contributed by atoms with Gasteiger partial charge in [-0.1, -0.05) is 6.07 Å². The van der Waals surface area contributed by atoms with Crippen LogP contribution < -0.4 is 15.2 Å². The van der Waals surface area contributed by atoms with Crippen molar-refractivity contribution in [3.63, 3.8) is 0 Å². The van der Waals surface area contributed by atoms with Crippen LogP contribution in [-0.2, 0) is 11.2 Å². The molecule has 0 radical (unpaired) electrons. The molecule has 1 aromatic heterocycles. The summed E-state index contributed by atoms with van der Waals surface area (Å²) in [5.41, 5.74) is 8.09. The lowest BCUT2D eigenvalue weighted by atomic mass is 9.98. The first kappa shape index (κ1) is 19.9. The first-order chi connectivity index (χ1) is 13.5. The Labute approximate surface area is 165 Å². The molecule has 1 amide bonds. The van der Waals surface area contributed by atoms with Crippen LogP contribution in [0.4, 0.5) is 5.95 Å². The molecule has 28 heavy (non-hydrogen) atoms. The Morgan fingerprint density at radius 3 is 2.68 bits per heavy atom. The summed E-state index contributed by atoms with van der Waals surface area (Å²) in [6, 6.07) is 7.59. The summed E-state index contributed by atoms with van der Waals surface area (Å²) in [7, 11) is 1.64. The zero-order valence-electron chi connectivity index (χ0n) is 16.8. The van der Waals surface area contributed by atoms with E-state index in [0.29, 0.717) is 25.5 Å². The molecule has 7 heteroatoms. The molecule has 1 atom stereocenters. The van der Waals surface area contributed by atoms with Crippen molar-refractivity contribution in [3.8, 4) is 11.5 Å². The Kier molecular flexibility index (Phi) is 6.34. The first-order valence-corrected chi connectivity index (χ1v) is 9.60. The van der Waals surface area contributed by atoms with E-state index < -0.39 is 0 Å². The number of nitrogen functional groups attached to an aromatic ring is 1. The van der Waals surface area contributed by atoms with Gasteiger partial charge in [-0.15, -0.1) is 0 Å². The zero-order valence-corrected chi connectivity index (χ0v) is 16.8. The van der Waals surface area contributed by atoms with Gasteiger partial charge in [0.05, 0.1) is 20.1 Å². The van der Waals surface area contributed by atoms with Crippen molar-refractivity contribution in [1.29, 1.82) is 0 Å². The molecule has 2 aromatic rings. The highest BCUT2D eigenvalue weighted by molar-refractivity contribution is 5.79. The third-order valence-corrected chi connectivity index (χ3v) is 5.16. The number of piperidine rings is 1. The molecule has 150 valence electrons. The summed E-state index contributed by atoms with van der Waals surface area (Å²) >= 11 is 0. The van der Waals surface area contributed by atoms with E-state index in [9.17, 15) is 4.79 Å². The molecule has 1 saturated heterocycles. The molecule has 0 aliphatic carbocycles. The minimum atomic E-state index is 0.102. The molecule has 2 N–H and O–H groups in total. The van der Waals surface area contributed by atoms with Crippen molar-refractivity contribution in [2.75, 3.05) is 32.5 Å². The van der Waals surface area contributed by atoms with Crippen LogP contribution in [-0.4, -0.2) is 47.6 Å². The highest BCUT2D eigenvalue weighted by Crippen LogP contribution is 2.23. The number of anilines is 1. The van der Waals surface area contributed by atoms with E-state index in [4.69, 9.17) is 15.2 Å². The lowest BCUT2D eigenvalue weighted by Gasteiger charge is -2.33. The number of aromatic nitrogens is 2. The van der Waals surface area contributed by atoms with Crippen LogP contribution in [0.3, 0.4) is 0 Å². The SMILES string of the molecule is COc1cccc(OC[C@H]2CCCN(C(=O)Cc3c(C)nc(N)nc3C)C2)c1. The minimum Gasteiger partial charge on any atom is -0.497 e. The Morgan fingerprint density at radius 1 is 1.25 bits per heavy atom. The van der Waals surface area contributed by atoms with Crippen LogP contribution in [0.5, 0.6) is 11.5 Å². The van der Waals surface area contributed by atoms with Gasteiger partial charge in [-0.3, -0.25) is 4.79 Å². The lowest BCUT2D eigenvalue weighted by Crippen LogP contribution is -2.42. The summed E-state index contributed by atoms with van der Waals surface area (Å²) < 4.78 is 11.2. The number of rotatable bonds is 6. The zero-order chi connectivity index (χ0) is 20.1. The van der Waals surface area contributed by atoms with Crippen molar-refractivity contribution in [2.45, 2.75) is 33.1 Å². The number of methoxy groups -OCH3 is 1. The molecule has 0 unspecified atom stereocenters. The molecule has 0 saturated carbocycles. The van der Waals surface area contributed by atoms with Crippen molar-refractivity contribution in [3.05, 3.63) is 41.2 Å². The highest BCUT2D eigenvalue weighted by atomic mass is 16.5. The minimum absolute atomic E-state index is 0.102. The molecule has 0 spiro atoms. The van der Waals surface area contributed by atoms with Crippen molar-refractivity contribution in [1.82, 2.24) is 14.9 Å². The van der Waals surface area contributed by atoms with E-state index in [1.165, 1.54) is 0 Å². The van der Waals surface area contributed by atoms with Crippen LogP contribution in [0.15, 0.2) is 24.3 Å². The second kappa shape index (κ2) is 8.91. The average molecular weight is 384 g/mol. The number of hydrogen-bond acceptors (Lipinski definition) is 6. The van der Waals surface area contributed by atoms with Crippen molar-refractivity contribution in [2.24, 2.45) is 5.92 Å². The van der Waals surface area contributed by atoms with Gasteiger partial charge in [0.1, 0.15) is 11.5 Å². The molecular weight excluding hydrogens is 356 g/mol. The van der Waals surface area contributed by atoms with Gasteiger partial charge < -0.3 is 20.1 Å². The molecular formula is C21H28N4O3. The van der Waals surface area contributed by atoms with Gasteiger partial charge >= 0.3 is 0 Å². The fraction of sp³-hybridized carbons (Fsp3) is 0.476. The standard InChI is InChI=1S/C21H28N4O3/c1-14-19(15(2)24-21(22)23-14)11-20(26)25-9-5-6-16(12-25)13-28-18-8-4-7-17(10-18)27-3/h4,7-8,10,16H,5-6,9,11-13H2,1-3H3,(H2,22,23,24)/t16-/m0/s1. The van der Waals surface area contributed by atoms with Gasteiger partial charge in [0, 0.05) is 42.0 Å². The molecule has 7 nitrogen and oxygen atoms in total. The van der Waals surface area contributed by atoms with Crippen LogP contribution in [0.1, 0.15) is 29.8 Å². The molecule has 3 rings (SSSR count). The smallest absolute Gasteiger partial charge is 0.227 e. The van der Waals surface area contributed by atoms with Crippen LogP contribution in [0.25, 0.3) is 0 Å². The summed E-state index contributed by atoms with van der Waals surface area (Å²) in [5, 5.41) is 0. The van der Waals surface area contributed by atoms with Gasteiger partial charge in [0.2, 0.25) is 11.9 Å². The quantitative estimate of drug-likeness (QED) is 0.823. The number of likely N-dealkylation sites (tertiary alicyclic amines) is 1. The van der Waals surface area contributed by atoms with Gasteiger partial charge in [-0.25, -0.2) is 9.97 Å². The lowest BCUT2D eigenvalue weighted by molar-refractivity contribution is -0.132. The monoisotopic (exact) mass is 384 g/mol. The van der Waals surface area contributed by atoms with E-state index in [1.54, 1.807) is 7.11 Å². The van der Waals surface area contributed by atoms with Gasteiger partial charge in [0.15, 0.2) is 0 Å². The molecule has 1 aromatic carbocycles. The number of benzene rings is 1. The summed E-state index contributed by atoms with van der Waals surface area (Å²) in [4.78, 5) is 23.2. The number of aryl methyl sites for hydroxylation is 2. The first-order valence-electron chi connectivity index (χ1n) is 9.60. The Morgan fingerprint density at radius 2 is 1.96 bits per heavy atom. The van der Waals surface area contributed by atoms with Crippen LogP contribution in [0, 0.1) is 19.8 Å². The maximum Gasteiger partial charge on any atom is 0.227 e. The Bertz CT molecular complexity index is 817. The third-order valence-electron chi connectivity index (χ3n) is 5.16. The number of hydrogen-bond donors (Lipinski definition) is 1. The predicted molar refractivity (Wildman–Crippen MR) is 107 cm³/mol. The summed E-state index contributed by atoms with van der Waals surface area (Å²) in [6.07, 6.45) is 2.34. The van der Waals surface area contributed by atoms with Crippen LogP contribution >= 0.6 is 0 Å². The third kappa shape index (κ3) is 4.91. The second-order valence-electron chi connectivity index (χ2n) is 7.25. The number of ether oxygens (including phenoxy) is 2. The molecule has 1 aliphatic heterocycles. The summed E-state index contributed by atoms with van der Waals surface area (Å²) in [5.74, 6) is 2.22. The molecule has 2 heterocycles. The maximum atomic E-state index is 12.8. The highest BCUT2D eigenvalue weighted by Gasteiger charge is 2.25.